The highest BCUT2D eigenvalue weighted by Crippen LogP contribution is 2.22. The fourth-order valence-electron chi connectivity index (χ4n) is 2.08. The van der Waals surface area contributed by atoms with Gasteiger partial charge in [-0.25, -0.2) is 9.37 Å². The van der Waals surface area contributed by atoms with Gasteiger partial charge in [0.15, 0.2) is 5.13 Å². The Balaban J connectivity index is 1.72. The molecule has 0 unspecified atom stereocenters. The second-order valence-electron chi connectivity index (χ2n) is 4.93. The Hall–Kier alpha value is -2.18. The molecule has 1 amide bonds. The van der Waals surface area contributed by atoms with Gasteiger partial charge in [-0.05, 0) is 36.8 Å². The highest BCUT2D eigenvalue weighted by atomic mass is 35.5. The number of halogens is 2. The van der Waals surface area contributed by atoms with Crippen LogP contribution in [0.1, 0.15) is 20.9 Å². The molecule has 0 aliphatic heterocycles. The zero-order chi connectivity index (χ0) is 16.4. The number of thiazole rings is 1. The Morgan fingerprint density at radius 1 is 1.39 bits per heavy atom. The summed E-state index contributed by atoms with van der Waals surface area (Å²) in [6, 6.07) is 8.17. The molecule has 0 fully saturated rings. The van der Waals surface area contributed by atoms with Crippen molar-refractivity contribution in [3.8, 4) is 5.13 Å². The number of hydrogen-bond donors (Lipinski definition) is 1. The van der Waals surface area contributed by atoms with Crippen LogP contribution in [0, 0.1) is 12.7 Å². The zero-order valence-electron chi connectivity index (χ0n) is 12.2. The lowest BCUT2D eigenvalue weighted by Gasteiger charge is -2.05. The van der Waals surface area contributed by atoms with Crippen LogP contribution in [0.5, 0.6) is 0 Å². The molecule has 2 heterocycles. The van der Waals surface area contributed by atoms with E-state index < -0.39 is 5.82 Å². The summed E-state index contributed by atoms with van der Waals surface area (Å²) >= 11 is 7.05. The molecule has 0 aliphatic carbocycles. The normalized spacial score (nSPS) is 10.7. The first-order valence-electron chi connectivity index (χ1n) is 6.87. The first kappa shape index (κ1) is 15.7. The van der Waals surface area contributed by atoms with Gasteiger partial charge in [0.05, 0.1) is 10.7 Å². The Morgan fingerprint density at radius 3 is 2.83 bits per heavy atom. The third-order valence-electron chi connectivity index (χ3n) is 3.25. The molecule has 0 spiro atoms. The number of benzene rings is 1. The van der Waals surface area contributed by atoms with Crippen LogP contribution in [0.2, 0.25) is 5.02 Å². The lowest BCUT2D eigenvalue weighted by atomic mass is 10.2. The molecule has 0 saturated heterocycles. The molecular weight excluding hydrogens is 337 g/mol. The van der Waals surface area contributed by atoms with Crippen molar-refractivity contribution < 1.29 is 9.18 Å². The van der Waals surface area contributed by atoms with E-state index in [0.29, 0.717) is 10.6 Å². The number of carbonyl (C=O) groups excluding carboxylic acids is 1. The van der Waals surface area contributed by atoms with E-state index in [9.17, 15) is 9.18 Å². The fraction of sp³-hybridized carbons (Fsp3) is 0.125. The van der Waals surface area contributed by atoms with E-state index in [1.165, 1.54) is 23.5 Å². The minimum atomic E-state index is -0.476. The molecule has 7 heteroatoms. The molecule has 118 valence electrons. The average molecular weight is 350 g/mol. The highest BCUT2D eigenvalue weighted by Gasteiger charge is 2.15. The van der Waals surface area contributed by atoms with Crippen LogP contribution < -0.4 is 5.32 Å². The minimum absolute atomic E-state index is 0.0422. The van der Waals surface area contributed by atoms with Gasteiger partial charge >= 0.3 is 0 Å². The molecule has 0 bridgehead atoms. The van der Waals surface area contributed by atoms with Crippen molar-refractivity contribution in [2.24, 2.45) is 0 Å². The van der Waals surface area contributed by atoms with Crippen LogP contribution in [0.25, 0.3) is 5.13 Å². The largest absolute Gasteiger partial charge is 0.347 e. The molecule has 4 nitrogen and oxygen atoms in total. The lowest BCUT2D eigenvalue weighted by Crippen LogP contribution is -2.22. The van der Waals surface area contributed by atoms with Crippen molar-refractivity contribution in [2.75, 3.05) is 0 Å². The smallest absolute Gasteiger partial charge is 0.263 e. The summed E-state index contributed by atoms with van der Waals surface area (Å²) in [5.41, 5.74) is 1.41. The first-order valence-corrected chi connectivity index (χ1v) is 8.07. The SMILES string of the molecule is Cc1nc(-n2cccc2)sc1C(=O)NCc1ccc(F)c(Cl)c1. The van der Waals surface area contributed by atoms with Gasteiger partial charge in [-0.2, -0.15) is 0 Å². The maximum absolute atomic E-state index is 13.1. The van der Waals surface area contributed by atoms with Crippen LogP contribution in [-0.4, -0.2) is 15.5 Å². The lowest BCUT2D eigenvalue weighted by molar-refractivity contribution is 0.0954. The monoisotopic (exact) mass is 349 g/mol. The second-order valence-corrected chi connectivity index (χ2v) is 6.32. The van der Waals surface area contributed by atoms with E-state index in [-0.39, 0.29) is 17.5 Å². The summed E-state index contributed by atoms with van der Waals surface area (Å²) in [7, 11) is 0. The molecule has 0 saturated carbocycles. The first-order chi connectivity index (χ1) is 11.0. The van der Waals surface area contributed by atoms with Crippen LogP contribution in [0.4, 0.5) is 4.39 Å². The topological polar surface area (TPSA) is 46.9 Å². The zero-order valence-corrected chi connectivity index (χ0v) is 13.8. The highest BCUT2D eigenvalue weighted by molar-refractivity contribution is 7.16. The minimum Gasteiger partial charge on any atom is -0.347 e. The predicted octanol–water partition coefficient (Wildman–Crippen LogP) is 3.96. The number of amides is 1. The van der Waals surface area contributed by atoms with E-state index in [2.05, 4.69) is 10.3 Å². The summed E-state index contributed by atoms with van der Waals surface area (Å²) in [4.78, 5) is 17.3. The van der Waals surface area contributed by atoms with Crippen molar-refractivity contribution in [1.82, 2.24) is 14.9 Å². The molecule has 3 rings (SSSR count). The van der Waals surface area contributed by atoms with Gasteiger partial charge in [0, 0.05) is 18.9 Å². The summed E-state index contributed by atoms with van der Waals surface area (Å²) in [5.74, 6) is -0.685. The van der Waals surface area contributed by atoms with Gasteiger partial charge in [0.1, 0.15) is 10.7 Å². The van der Waals surface area contributed by atoms with E-state index in [1.807, 2.05) is 29.1 Å². The second kappa shape index (κ2) is 6.52. The van der Waals surface area contributed by atoms with Gasteiger partial charge in [-0.1, -0.05) is 29.0 Å². The average Bonchev–Trinajstić information content (AvgIpc) is 3.17. The number of aromatic nitrogens is 2. The van der Waals surface area contributed by atoms with Crippen molar-refractivity contribution >= 4 is 28.8 Å². The Labute approximate surface area is 141 Å². The molecule has 1 N–H and O–H groups in total. The van der Waals surface area contributed by atoms with Crippen LogP contribution in [0.15, 0.2) is 42.7 Å². The predicted molar refractivity (Wildman–Crippen MR) is 88.8 cm³/mol. The van der Waals surface area contributed by atoms with Gasteiger partial charge in [-0.15, -0.1) is 0 Å². The molecule has 1 aromatic carbocycles. The third-order valence-corrected chi connectivity index (χ3v) is 4.71. The molecular formula is C16H13ClFN3OS. The van der Waals surface area contributed by atoms with Gasteiger partial charge in [0.2, 0.25) is 0 Å². The quantitative estimate of drug-likeness (QED) is 0.774. The number of nitrogens with one attached hydrogen (secondary N) is 1. The maximum Gasteiger partial charge on any atom is 0.263 e. The molecule has 0 radical (unpaired) electrons. The van der Waals surface area contributed by atoms with Crippen molar-refractivity contribution in [3.05, 3.63) is 69.7 Å². The summed E-state index contributed by atoms with van der Waals surface area (Å²) in [6.45, 7) is 2.07. The summed E-state index contributed by atoms with van der Waals surface area (Å²) < 4.78 is 15.0. The van der Waals surface area contributed by atoms with E-state index in [0.717, 1.165) is 10.7 Å². The number of hydrogen-bond acceptors (Lipinski definition) is 3. The van der Waals surface area contributed by atoms with Crippen molar-refractivity contribution in [1.29, 1.82) is 0 Å². The van der Waals surface area contributed by atoms with Crippen molar-refractivity contribution in [2.45, 2.75) is 13.5 Å². The van der Waals surface area contributed by atoms with Crippen molar-refractivity contribution in [3.63, 3.8) is 0 Å². The van der Waals surface area contributed by atoms with E-state index >= 15 is 0 Å². The molecule has 0 atom stereocenters. The van der Waals surface area contributed by atoms with Crippen LogP contribution in [0.3, 0.4) is 0 Å². The number of aryl methyl sites for hydroxylation is 1. The molecule has 2 aromatic heterocycles. The standard InChI is InChI=1S/C16H13ClFN3OS/c1-10-14(23-16(20-10)21-6-2-3-7-21)15(22)19-9-11-4-5-13(18)12(17)8-11/h2-8H,9H2,1H3,(H,19,22). The Bertz CT molecular complexity index is 845. The Kier molecular flexibility index (Phi) is 4.45. The molecule has 0 aliphatic rings. The van der Waals surface area contributed by atoms with Crippen LogP contribution in [-0.2, 0) is 6.54 Å². The molecule has 3 aromatic rings. The van der Waals surface area contributed by atoms with Gasteiger partial charge in [-0.3, -0.25) is 4.79 Å². The van der Waals surface area contributed by atoms with Gasteiger partial charge < -0.3 is 9.88 Å². The third kappa shape index (κ3) is 3.43. The van der Waals surface area contributed by atoms with Crippen LogP contribution >= 0.6 is 22.9 Å². The number of nitrogens with zero attached hydrogens (tertiary/aromatic N) is 2. The number of carbonyl (C=O) groups is 1. The van der Waals surface area contributed by atoms with Gasteiger partial charge in [0.25, 0.3) is 5.91 Å². The fourth-order valence-corrected chi connectivity index (χ4v) is 3.23. The van der Waals surface area contributed by atoms with E-state index in [4.69, 9.17) is 11.6 Å². The summed E-state index contributed by atoms with van der Waals surface area (Å²) in [5, 5.41) is 3.58. The molecule has 23 heavy (non-hydrogen) atoms. The Morgan fingerprint density at radius 2 is 2.13 bits per heavy atom. The van der Waals surface area contributed by atoms with E-state index in [1.54, 1.807) is 13.0 Å². The summed E-state index contributed by atoms with van der Waals surface area (Å²) in [6.07, 6.45) is 3.75. The maximum atomic E-state index is 13.1. The number of rotatable bonds is 4.